The first-order valence-corrected chi connectivity index (χ1v) is 17.3. The van der Waals surface area contributed by atoms with Gasteiger partial charge in [0.25, 0.3) is 0 Å². The van der Waals surface area contributed by atoms with Gasteiger partial charge in [-0.25, -0.2) is 0 Å². The van der Waals surface area contributed by atoms with Gasteiger partial charge in [0, 0.05) is 31.1 Å². The van der Waals surface area contributed by atoms with Crippen molar-refractivity contribution in [3.63, 3.8) is 0 Å². The average Bonchev–Trinajstić information content (AvgIpc) is 3.05. The van der Waals surface area contributed by atoms with Gasteiger partial charge in [-0.3, -0.25) is 9.98 Å². The summed E-state index contributed by atoms with van der Waals surface area (Å²) in [5.41, 5.74) is 4.23. The maximum Gasteiger partial charge on any atom is 0.0967 e. The van der Waals surface area contributed by atoms with E-state index in [-0.39, 0.29) is 75.3 Å². The molecular formula is C40H44Cl4N2O4U-6. The molecule has 0 amide bonds. The van der Waals surface area contributed by atoms with Crippen molar-refractivity contribution < 1.29 is 52.3 Å². The van der Waals surface area contributed by atoms with Crippen molar-refractivity contribution >= 4 is 69.3 Å². The van der Waals surface area contributed by atoms with E-state index >= 15 is 0 Å². The first-order chi connectivity index (χ1) is 22.7. The zero-order chi connectivity index (χ0) is 36.0. The minimum atomic E-state index is -0.237. The fraction of sp³-hybridized carbons (Fsp3) is 0.250. The van der Waals surface area contributed by atoms with E-state index in [1.807, 2.05) is 163 Å². The number of allylic oxidation sites excluding steroid dienone is 2. The topological polar surface area (TPSA) is 128 Å². The van der Waals surface area contributed by atoms with Crippen LogP contribution >= 0.6 is 46.4 Å². The molecule has 4 rings (SSSR count). The molecule has 11 heteroatoms. The Hall–Kier alpha value is -2.57. The predicted molar refractivity (Wildman–Crippen MR) is 209 cm³/mol. The fourth-order valence-corrected chi connectivity index (χ4v) is 3.92. The van der Waals surface area contributed by atoms with Crippen LogP contribution in [0, 0.1) is 31.1 Å². The summed E-state index contributed by atoms with van der Waals surface area (Å²) >= 11 is 19.1. The van der Waals surface area contributed by atoms with Crippen molar-refractivity contribution in [2.24, 2.45) is 9.98 Å². The Morgan fingerprint density at radius 1 is 0.471 bits per heavy atom. The molecule has 0 saturated heterocycles. The molecule has 0 unspecified atom stereocenters. The number of alkyl halides is 4. The van der Waals surface area contributed by atoms with Crippen LogP contribution in [0.3, 0.4) is 0 Å². The van der Waals surface area contributed by atoms with Gasteiger partial charge in [0.2, 0.25) is 0 Å². The number of benzene rings is 4. The second kappa shape index (κ2) is 29.0. The molecule has 4 aromatic carbocycles. The van der Waals surface area contributed by atoms with Crippen molar-refractivity contribution in [2.45, 2.75) is 52.6 Å². The number of aliphatic imine (C=N–C) groups is 2. The molecule has 0 fully saturated rings. The van der Waals surface area contributed by atoms with Gasteiger partial charge in [0.15, 0.2) is 0 Å². The molecule has 0 atom stereocenters. The maximum atomic E-state index is 12.4. The van der Waals surface area contributed by atoms with Gasteiger partial charge in [-0.05, 0) is 75.9 Å². The Labute approximate surface area is 348 Å². The van der Waals surface area contributed by atoms with E-state index in [1.165, 1.54) is 0 Å². The zero-order valence-electron chi connectivity index (χ0n) is 29.7. The minimum Gasteiger partial charge on any atom is -2.00 e. The van der Waals surface area contributed by atoms with Crippen molar-refractivity contribution in [1.29, 1.82) is 0 Å². The first-order valence-electron chi connectivity index (χ1n) is 15.2. The van der Waals surface area contributed by atoms with Crippen molar-refractivity contribution in [3.8, 4) is 0 Å². The third-order valence-corrected chi connectivity index (χ3v) is 5.70. The van der Waals surface area contributed by atoms with Crippen LogP contribution in [0.2, 0.25) is 0 Å². The molecule has 0 N–H and O–H groups in total. The van der Waals surface area contributed by atoms with Crippen LogP contribution in [0.4, 0.5) is 0 Å². The number of rotatable bonds is 6. The van der Waals surface area contributed by atoms with E-state index in [0.717, 1.165) is 22.6 Å². The predicted octanol–water partition coefficient (Wildman–Crippen LogP) is 9.96. The number of hydrogen-bond donors (Lipinski definition) is 0. The summed E-state index contributed by atoms with van der Waals surface area (Å²) < 4.78 is 0. The largest absolute Gasteiger partial charge is 2.00 e. The van der Waals surface area contributed by atoms with Gasteiger partial charge in [0.05, 0.1) is 33.2 Å². The Morgan fingerprint density at radius 2 is 0.667 bits per heavy atom. The molecule has 0 bridgehead atoms. The van der Waals surface area contributed by atoms with Gasteiger partial charge in [-0.2, -0.15) is 0 Å². The summed E-state index contributed by atoms with van der Waals surface area (Å²) in [4.78, 5) is 9.37. The Morgan fingerprint density at radius 3 is 0.863 bits per heavy atom. The molecule has 0 aliphatic carbocycles. The average molecular weight is 997 g/mol. The standard InChI is InChI=1S/2C19H21NO.2CH2Cl2.2O.U/c2*1-19(2,3)20-17(15-10-6-4-7-11-15)14-18(21)16-12-8-5-9-13-16;2*2-1-3;;;/h2*4-14,21H,1-3H3;2*1H2;;;/q;;;;2*-2;/p-2/b2*18-14-,20-17?;;;;;. The first kappa shape index (κ1) is 52.8. The quantitative estimate of drug-likeness (QED) is 0.108. The molecule has 276 valence electrons. The second-order valence-corrected chi connectivity index (χ2v) is 13.6. The van der Waals surface area contributed by atoms with Crippen LogP contribution in [-0.2, 0) is 11.0 Å². The molecule has 0 aromatic heterocycles. The van der Waals surface area contributed by atoms with Gasteiger partial charge in [-0.15, -0.1) is 46.4 Å². The summed E-state index contributed by atoms with van der Waals surface area (Å²) in [6.07, 6.45) is 3.24. The van der Waals surface area contributed by atoms with E-state index in [2.05, 4.69) is 9.98 Å². The molecule has 0 heterocycles. The summed E-state index contributed by atoms with van der Waals surface area (Å²) in [7, 11) is 0. The van der Waals surface area contributed by atoms with Gasteiger partial charge in [-0.1, -0.05) is 133 Å². The van der Waals surface area contributed by atoms with Crippen LogP contribution in [0.1, 0.15) is 63.8 Å². The Bertz CT molecular complexity index is 1450. The van der Waals surface area contributed by atoms with Crippen LogP contribution in [-0.4, -0.2) is 33.2 Å². The summed E-state index contributed by atoms with van der Waals surface area (Å²) in [6, 6.07) is 38.1. The number of nitrogens with zero attached hydrogens (tertiary/aromatic N) is 2. The van der Waals surface area contributed by atoms with E-state index in [1.54, 1.807) is 12.2 Å². The number of hydrogen-bond acceptors (Lipinski definition) is 4. The Balaban J connectivity index is -0.000000744. The van der Waals surface area contributed by atoms with Crippen LogP contribution in [0.5, 0.6) is 0 Å². The SMILES string of the molecule is CC(C)(C)N=C(/C=C(\[O-])c1ccccc1)c1ccccc1.CC(C)(C)N=C(/C=C(\[O-])c1ccccc1)c1ccccc1.ClCCl.ClCCl.[O-2].[O-2].[U]. The molecule has 0 aliphatic rings. The van der Waals surface area contributed by atoms with Crippen LogP contribution in [0.15, 0.2) is 143 Å². The summed E-state index contributed by atoms with van der Waals surface area (Å²) in [6.45, 7) is 12.1. The van der Waals surface area contributed by atoms with Gasteiger partial charge >= 0.3 is 0 Å². The normalized spacial score (nSPS) is 11.6. The van der Waals surface area contributed by atoms with E-state index in [0.29, 0.717) is 11.1 Å². The van der Waals surface area contributed by atoms with E-state index < -0.39 is 0 Å². The molecular weight excluding hydrogens is 952 g/mol. The molecule has 51 heavy (non-hydrogen) atoms. The summed E-state index contributed by atoms with van der Waals surface area (Å²) in [5.74, 6) is -0.0510. The molecule has 0 saturated carbocycles. The van der Waals surface area contributed by atoms with Crippen molar-refractivity contribution in [3.05, 3.63) is 156 Å². The minimum absolute atomic E-state index is 0. The smallest absolute Gasteiger partial charge is 0.0967 e. The van der Waals surface area contributed by atoms with E-state index in [9.17, 15) is 10.2 Å². The van der Waals surface area contributed by atoms with Crippen LogP contribution < -0.4 is 10.2 Å². The molecule has 6 nitrogen and oxygen atoms in total. The van der Waals surface area contributed by atoms with Gasteiger partial charge in [0.1, 0.15) is 0 Å². The van der Waals surface area contributed by atoms with Crippen molar-refractivity contribution in [2.75, 3.05) is 10.7 Å². The molecule has 0 spiro atoms. The van der Waals surface area contributed by atoms with Crippen LogP contribution in [0.25, 0.3) is 11.5 Å². The molecule has 0 aliphatic heterocycles. The fourth-order valence-electron chi connectivity index (χ4n) is 3.92. The second-order valence-electron chi connectivity index (χ2n) is 12.0. The summed E-state index contributed by atoms with van der Waals surface area (Å²) in [5, 5.41) is 25.1. The third-order valence-electron chi connectivity index (χ3n) is 5.70. The Kier molecular flexibility index (Phi) is 30.0. The monoisotopic (exact) mass is 994 g/mol. The molecule has 4 aromatic rings. The molecule has 0 radical (unpaired) electrons. The zero-order valence-corrected chi connectivity index (χ0v) is 36.8. The number of halogens is 4. The van der Waals surface area contributed by atoms with Gasteiger partial charge < -0.3 is 21.2 Å². The third kappa shape index (κ3) is 24.3. The maximum absolute atomic E-state index is 12.4. The van der Waals surface area contributed by atoms with E-state index in [4.69, 9.17) is 46.4 Å². The van der Waals surface area contributed by atoms with Crippen molar-refractivity contribution in [1.82, 2.24) is 0 Å².